The van der Waals surface area contributed by atoms with Gasteiger partial charge in [-0.2, -0.15) is 0 Å². The van der Waals surface area contributed by atoms with E-state index in [1.165, 1.54) is 16.2 Å². The van der Waals surface area contributed by atoms with Gasteiger partial charge in [0.25, 0.3) is 0 Å². The third-order valence-corrected chi connectivity index (χ3v) is 4.02. The molecular weight excluding hydrogens is 292 g/mol. The van der Waals surface area contributed by atoms with E-state index in [9.17, 15) is 9.90 Å². The zero-order valence-electron chi connectivity index (χ0n) is 13.0. The Kier molecular flexibility index (Phi) is 4.28. The predicted molar refractivity (Wildman–Crippen MR) is 79.0 cm³/mol. The highest BCUT2D eigenvalue weighted by Gasteiger charge is 2.49. The van der Waals surface area contributed by atoms with Gasteiger partial charge in [-0.15, -0.1) is 11.3 Å². The van der Waals surface area contributed by atoms with Crippen LogP contribution in [0.4, 0.5) is 4.79 Å². The van der Waals surface area contributed by atoms with Crippen LogP contribution in [-0.2, 0) is 9.47 Å². The summed E-state index contributed by atoms with van der Waals surface area (Å²) in [7, 11) is 0. The number of aromatic nitrogens is 1. The molecule has 0 unspecified atom stereocenters. The third kappa shape index (κ3) is 3.53. The summed E-state index contributed by atoms with van der Waals surface area (Å²) in [6, 6.07) is -0.513. The molecular formula is C14H22N2O4S. The molecule has 0 aliphatic carbocycles. The third-order valence-electron chi connectivity index (χ3n) is 3.18. The predicted octanol–water partition coefficient (Wildman–Crippen LogP) is 2.55. The first kappa shape index (κ1) is 16.2. The van der Waals surface area contributed by atoms with E-state index in [4.69, 9.17) is 9.47 Å². The fourth-order valence-electron chi connectivity index (χ4n) is 2.28. The Hall–Kier alpha value is -1.18. The number of aliphatic hydroxyl groups excluding tert-OH is 1. The number of aliphatic hydroxyl groups is 1. The summed E-state index contributed by atoms with van der Waals surface area (Å²) in [6.07, 6.45) is 0.243. The molecule has 1 aliphatic rings. The standard InChI is InChI=1S/C14H22N2O4S/c1-13(2,3)20-12(18)16-9(8-19-14(16,4)5)10(17)11-15-6-7-21-11/h6-7,9-10,17H,8H2,1-5H3/t9-,10+/m1/s1. The lowest BCUT2D eigenvalue weighted by Gasteiger charge is -2.36. The van der Waals surface area contributed by atoms with Gasteiger partial charge < -0.3 is 14.6 Å². The van der Waals surface area contributed by atoms with Gasteiger partial charge in [0.15, 0.2) is 0 Å². The normalized spacial score (nSPS) is 23.1. The van der Waals surface area contributed by atoms with Crippen LogP contribution in [0.1, 0.15) is 45.7 Å². The Balaban J connectivity index is 2.23. The molecule has 21 heavy (non-hydrogen) atoms. The molecule has 2 atom stereocenters. The minimum Gasteiger partial charge on any atom is -0.444 e. The summed E-state index contributed by atoms with van der Waals surface area (Å²) in [5.74, 6) is 0. The number of nitrogens with zero attached hydrogens (tertiary/aromatic N) is 2. The molecule has 1 aromatic heterocycles. The molecule has 0 spiro atoms. The second-order valence-corrected chi connectivity index (χ2v) is 7.42. The highest BCUT2D eigenvalue weighted by Crippen LogP contribution is 2.35. The molecule has 1 N–H and O–H groups in total. The molecule has 0 aromatic carbocycles. The monoisotopic (exact) mass is 314 g/mol. The van der Waals surface area contributed by atoms with Gasteiger partial charge in [-0.1, -0.05) is 0 Å². The average Bonchev–Trinajstić information content (AvgIpc) is 2.92. The maximum Gasteiger partial charge on any atom is 0.413 e. The first-order chi connectivity index (χ1) is 9.62. The SMILES string of the molecule is CC(C)(C)OC(=O)N1[C@@H]([C@H](O)c2nccs2)COC1(C)C. The molecule has 1 aromatic rings. The van der Waals surface area contributed by atoms with Crippen molar-refractivity contribution in [3.63, 3.8) is 0 Å². The molecule has 2 rings (SSSR count). The molecule has 0 radical (unpaired) electrons. The van der Waals surface area contributed by atoms with Gasteiger partial charge in [-0.25, -0.2) is 9.78 Å². The van der Waals surface area contributed by atoms with Crippen LogP contribution in [0.5, 0.6) is 0 Å². The van der Waals surface area contributed by atoms with E-state index in [0.29, 0.717) is 5.01 Å². The van der Waals surface area contributed by atoms with Gasteiger partial charge in [-0.3, -0.25) is 4.90 Å². The summed E-state index contributed by atoms with van der Waals surface area (Å²) in [5, 5.41) is 12.8. The summed E-state index contributed by atoms with van der Waals surface area (Å²) >= 11 is 1.35. The van der Waals surface area contributed by atoms with Crippen LogP contribution in [-0.4, -0.2) is 45.1 Å². The molecule has 2 heterocycles. The Morgan fingerprint density at radius 1 is 1.62 bits per heavy atom. The zero-order chi connectivity index (χ0) is 15.8. The van der Waals surface area contributed by atoms with Crippen molar-refractivity contribution < 1.29 is 19.4 Å². The van der Waals surface area contributed by atoms with E-state index < -0.39 is 29.6 Å². The van der Waals surface area contributed by atoms with Crippen LogP contribution >= 0.6 is 11.3 Å². The highest BCUT2D eigenvalue weighted by molar-refractivity contribution is 7.09. The van der Waals surface area contributed by atoms with E-state index in [-0.39, 0.29) is 6.61 Å². The van der Waals surface area contributed by atoms with Crippen LogP contribution < -0.4 is 0 Å². The molecule has 118 valence electrons. The van der Waals surface area contributed by atoms with Crippen molar-refractivity contribution in [3.8, 4) is 0 Å². The van der Waals surface area contributed by atoms with Crippen LogP contribution in [0.3, 0.4) is 0 Å². The lowest BCUT2D eigenvalue weighted by molar-refractivity contribution is -0.0679. The average molecular weight is 314 g/mol. The Morgan fingerprint density at radius 2 is 2.29 bits per heavy atom. The first-order valence-electron chi connectivity index (χ1n) is 6.85. The van der Waals surface area contributed by atoms with Crippen molar-refractivity contribution in [2.45, 2.75) is 58.1 Å². The summed E-state index contributed by atoms with van der Waals surface area (Å²) < 4.78 is 11.1. The van der Waals surface area contributed by atoms with Crippen molar-refractivity contribution in [3.05, 3.63) is 16.6 Å². The van der Waals surface area contributed by atoms with Crippen molar-refractivity contribution in [1.29, 1.82) is 0 Å². The molecule has 6 nitrogen and oxygen atoms in total. The summed E-state index contributed by atoms with van der Waals surface area (Å²) in [6.45, 7) is 9.23. The van der Waals surface area contributed by atoms with Crippen LogP contribution in [0.15, 0.2) is 11.6 Å². The number of ether oxygens (including phenoxy) is 2. The van der Waals surface area contributed by atoms with Crippen LogP contribution in [0, 0.1) is 0 Å². The molecule has 1 fully saturated rings. The Morgan fingerprint density at radius 3 is 2.81 bits per heavy atom. The Labute approximate surface area is 128 Å². The number of carbonyl (C=O) groups excluding carboxylic acids is 1. The van der Waals surface area contributed by atoms with E-state index >= 15 is 0 Å². The second kappa shape index (κ2) is 5.55. The number of thiazole rings is 1. The van der Waals surface area contributed by atoms with E-state index in [1.54, 1.807) is 46.2 Å². The molecule has 1 amide bonds. The van der Waals surface area contributed by atoms with Gasteiger partial charge in [0.05, 0.1) is 12.6 Å². The van der Waals surface area contributed by atoms with Crippen LogP contribution in [0.2, 0.25) is 0 Å². The maximum atomic E-state index is 12.5. The van der Waals surface area contributed by atoms with Crippen molar-refractivity contribution in [1.82, 2.24) is 9.88 Å². The van der Waals surface area contributed by atoms with Gasteiger partial charge in [0.2, 0.25) is 0 Å². The lowest BCUT2D eigenvalue weighted by Crippen LogP contribution is -2.51. The van der Waals surface area contributed by atoms with Crippen molar-refractivity contribution in [2.75, 3.05) is 6.61 Å². The Bertz CT molecular complexity index is 496. The molecule has 0 bridgehead atoms. The van der Waals surface area contributed by atoms with Gasteiger partial charge in [-0.05, 0) is 34.6 Å². The molecule has 7 heteroatoms. The smallest absolute Gasteiger partial charge is 0.413 e. The fraction of sp³-hybridized carbons (Fsp3) is 0.714. The molecule has 0 saturated carbocycles. The maximum absolute atomic E-state index is 12.5. The summed E-state index contributed by atoms with van der Waals surface area (Å²) in [4.78, 5) is 18.0. The first-order valence-corrected chi connectivity index (χ1v) is 7.73. The number of amides is 1. The van der Waals surface area contributed by atoms with Crippen molar-refractivity contribution in [2.24, 2.45) is 0 Å². The topological polar surface area (TPSA) is 71.9 Å². The number of rotatable bonds is 2. The van der Waals surface area contributed by atoms with Crippen molar-refractivity contribution >= 4 is 17.4 Å². The van der Waals surface area contributed by atoms with E-state index in [2.05, 4.69) is 4.98 Å². The minimum atomic E-state index is -0.890. The van der Waals surface area contributed by atoms with Gasteiger partial charge in [0.1, 0.15) is 22.4 Å². The summed E-state index contributed by atoms with van der Waals surface area (Å²) in [5.41, 5.74) is -1.43. The quantitative estimate of drug-likeness (QED) is 0.908. The number of hydrogen-bond acceptors (Lipinski definition) is 6. The van der Waals surface area contributed by atoms with E-state index in [1.807, 2.05) is 0 Å². The fourth-order valence-corrected chi connectivity index (χ4v) is 2.96. The molecule has 1 aliphatic heterocycles. The number of carbonyl (C=O) groups is 1. The van der Waals surface area contributed by atoms with Gasteiger partial charge in [0, 0.05) is 11.6 Å². The minimum absolute atomic E-state index is 0.243. The van der Waals surface area contributed by atoms with E-state index in [0.717, 1.165) is 0 Å². The largest absolute Gasteiger partial charge is 0.444 e. The van der Waals surface area contributed by atoms with Gasteiger partial charge >= 0.3 is 6.09 Å². The zero-order valence-corrected chi connectivity index (χ0v) is 13.8. The van der Waals surface area contributed by atoms with Crippen LogP contribution in [0.25, 0.3) is 0 Å². The highest BCUT2D eigenvalue weighted by atomic mass is 32.1. The molecule has 1 saturated heterocycles. The lowest BCUT2D eigenvalue weighted by atomic mass is 10.1. The second-order valence-electron chi connectivity index (χ2n) is 6.49. The number of hydrogen-bond donors (Lipinski definition) is 1.